The average Bonchev–Trinajstić information content (AvgIpc) is 2.37. The van der Waals surface area contributed by atoms with Gasteiger partial charge in [0.25, 0.3) is 0 Å². The molecule has 1 rings (SSSR count). The summed E-state index contributed by atoms with van der Waals surface area (Å²) in [5.41, 5.74) is 9.83. The van der Waals surface area contributed by atoms with Crippen molar-refractivity contribution in [2.24, 2.45) is 5.73 Å². The highest BCUT2D eigenvalue weighted by Gasteiger charge is 2.28. The van der Waals surface area contributed by atoms with Crippen LogP contribution >= 0.6 is 0 Å². The van der Waals surface area contributed by atoms with Crippen LogP contribution in [0.1, 0.15) is 39.5 Å². The number of piperazine rings is 1. The lowest BCUT2D eigenvalue weighted by molar-refractivity contribution is 0.0486. The highest BCUT2D eigenvalue weighted by molar-refractivity contribution is 4.87. The largest absolute Gasteiger partial charge is 0.329 e. The Hall–Kier alpha value is -0.160. The van der Waals surface area contributed by atoms with Gasteiger partial charge in [0.1, 0.15) is 0 Å². The topological polar surface area (TPSA) is 44.5 Å². The van der Waals surface area contributed by atoms with Gasteiger partial charge in [-0.05, 0) is 19.9 Å². The molecule has 0 saturated carbocycles. The second-order valence-corrected chi connectivity index (χ2v) is 5.34. The van der Waals surface area contributed by atoms with Crippen molar-refractivity contribution in [2.45, 2.75) is 45.1 Å². The van der Waals surface area contributed by atoms with Crippen molar-refractivity contribution in [1.82, 2.24) is 15.3 Å². The summed E-state index contributed by atoms with van der Waals surface area (Å²) in [6, 6.07) is 0. The molecule has 17 heavy (non-hydrogen) atoms. The van der Waals surface area contributed by atoms with Crippen molar-refractivity contribution in [3.05, 3.63) is 0 Å². The molecule has 1 saturated heterocycles. The van der Waals surface area contributed by atoms with Crippen molar-refractivity contribution < 1.29 is 0 Å². The molecule has 1 aliphatic rings. The van der Waals surface area contributed by atoms with Crippen molar-refractivity contribution in [3.8, 4) is 0 Å². The minimum Gasteiger partial charge on any atom is -0.329 e. The Morgan fingerprint density at radius 2 is 1.82 bits per heavy atom. The third kappa shape index (κ3) is 4.54. The fourth-order valence-electron chi connectivity index (χ4n) is 2.37. The van der Waals surface area contributed by atoms with Crippen LogP contribution in [-0.2, 0) is 0 Å². The van der Waals surface area contributed by atoms with Gasteiger partial charge in [-0.15, -0.1) is 0 Å². The molecule has 0 spiro atoms. The van der Waals surface area contributed by atoms with E-state index in [-0.39, 0.29) is 5.54 Å². The van der Waals surface area contributed by atoms with Gasteiger partial charge in [0.15, 0.2) is 0 Å². The number of likely N-dealkylation sites (N-methyl/N-ethyl adjacent to an activating group) is 1. The van der Waals surface area contributed by atoms with Gasteiger partial charge in [-0.25, -0.2) is 10.4 Å². The fourth-order valence-corrected chi connectivity index (χ4v) is 2.37. The van der Waals surface area contributed by atoms with Gasteiger partial charge < -0.3 is 10.6 Å². The Labute approximate surface area is 106 Å². The van der Waals surface area contributed by atoms with Gasteiger partial charge >= 0.3 is 0 Å². The molecule has 0 aromatic rings. The molecule has 1 fully saturated rings. The number of rotatable bonds is 7. The molecule has 0 aliphatic carbocycles. The molecule has 4 nitrogen and oxygen atoms in total. The fraction of sp³-hybridized carbons (Fsp3) is 1.00. The summed E-state index contributed by atoms with van der Waals surface area (Å²) in [4.78, 5) is 2.38. The van der Waals surface area contributed by atoms with Crippen LogP contribution in [0.25, 0.3) is 0 Å². The van der Waals surface area contributed by atoms with E-state index in [4.69, 9.17) is 5.73 Å². The van der Waals surface area contributed by atoms with Crippen LogP contribution in [0.3, 0.4) is 0 Å². The first-order valence-electron chi connectivity index (χ1n) is 7.07. The van der Waals surface area contributed by atoms with E-state index in [1.54, 1.807) is 0 Å². The molecular weight excluding hydrogens is 212 g/mol. The van der Waals surface area contributed by atoms with E-state index in [9.17, 15) is 0 Å². The molecular formula is C13H30N4. The summed E-state index contributed by atoms with van der Waals surface area (Å²) in [5, 5.41) is 2.37. The summed E-state index contributed by atoms with van der Waals surface area (Å²) < 4.78 is 0. The summed E-state index contributed by atoms with van der Waals surface area (Å²) in [6.45, 7) is 9.71. The molecule has 102 valence electrons. The molecule has 3 N–H and O–H groups in total. The first-order chi connectivity index (χ1) is 8.15. The quantitative estimate of drug-likeness (QED) is 0.700. The van der Waals surface area contributed by atoms with E-state index in [0.29, 0.717) is 0 Å². The lowest BCUT2D eigenvalue weighted by Crippen LogP contribution is -2.61. The summed E-state index contributed by atoms with van der Waals surface area (Å²) in [5.74, 6) is 0. The van der Waals surface area contributed by atoms with Crippen molar-refractivity contribution in [3.63, 3.8) is 0 Å². The molecule has 0 aromatic heterocycles. The molecule has 0 amide bonds. The summed E-state index contributed by atoms with van der Waals surface area (Å²) in [7, 11) is 2.18. The SMILES string of the molecule is CCCCC(CC)(CN)NN1CCN(C)CC1. The number of hydrogen-bond donors (Lipinski definition) is 2. The molecule has 1 unspecified atom stereocenters. The number of hydrogen-bond acceptors (Lipinski definition) is 4. The highest BCUT2D eigenvalue weighted by Crippen LogP contribution is 2.18. The number of nitrogens with zero attached hydrogens (tertiary/aromatic N) is 2. The van der Waals surface area contributed by atoms with E-state index in [1.165, 1.54) is 19.3 Å². The summed E-state index contributed by atoms with van der Waals surface area (Å²) in [6.07, 6.45) is 4.79. The molecule has 0 aromatic carbocycles. The van der Waals surface area contributed by atoms with Crippen LogP contribution in [0, 0.1) is 0 Å². The Morgan fingerprint density at radius 1 is 1.18 bits per heavy atom. The zero-order chi connectivity index (χ0) is 12.7. The van der Waals surface area contributed by atoms with E-state index in [0.717, 1.165) is 39.1 Å². The second-order valence-electron chi connectivity index (χ2n) is 5.34. The maximum absolute atomic E-state index is 6.00. The third-order valence-corrected chi connectivity index (χ3v) is 3.97. The summed E-state index contributed by atoms with van der Waals surface area (Å²) >= 11 is 0. The van der Waals surface area contributed by atoms with Crippen molar-refractivity contribution in [2.75, 3.05) is 39.8 Å². The Kier molecular flexibility index (Phi) is 6.41. The lowest BCUT2D eigenvalue weighted by Gasteiger charge is -2.41. The zero-order valence-electron chi connectivity index (χ0n) is 11.8. The maximum atomic E-state index is 6.00. The number of nitrogens with one attached hydrogen (secondary N) is 1. The Bertz CT molecular complexity index is 196. The van der Waals surface area contributed by atoms with Crippen LogP contribution < -0.4 is 11.2 Å². The van der Waals surface area contributed by atoms with E-state index < -0.39 is 0 Å². The smallest absolute Gasteiger partial charge is 0.0445 e. The monoisotopic (exact) mass is 242 g/mol. The van der Waals surface area contributed by atoms with E-state index in [1.807, 2.05) is 0 Å². The van der Waals surface area contributed by atoms with Gasteiger partial charge in [0.2, 0.25) is 0 Å². The predicted molar refractivity (Wildman–Crippen MR) is 73.8 cm³/mol. The van der Waals surface area contributed by atoms with Crippen LogP contribution in [0.4, 0.5) is 0 Å². The minimum absolute atomic E-state index is 0.117. The maximum Gasteiger partial charge on any atom is 0.0445 e. The van der Waals surface area contributed by atoms with Crippen molar-refractivity contribution >= 4 is 0 Å². The molecule has 1 heterocycles. The molecule has 0 radical (unpaired) electrons. The van der Waals surface area contributed by atoms with Gasteiger partial charge in [-0.3, -0.25) is 0 Å². The normalized spacial score (nSPS) is 22.6. The Balaban J connectivity index is 2.47. The third-order valence-electron chi connectivity index (χ3n) is 3.97. The number of hydrazine groups is 1. The van der Waals surface area contributed by atoms with Crippen LogP contribution in [0.15, 0.2) is 0 Å². The highest BCUT2D eigenvalue weighted by atomic mass is 15.5. The van der Waals surface area contributed by atoms with E-state index in [2.05, 4.69) is 36.2 Å². The standard InChI is InChI=1S/C13H30N4/c1-4-6-7-13(5-2,12-14)15-17-10-8-16(3)9-11-17/h15H,4-12,14H2,1-3H3. The van der Waals surface area contributed by atoms with Crippen LogP contribution in [0.5, 0.6) is 0 Å². The first kappa shape index (κ1) is 14.9. The molecule has 4 heteroatoms. The van der Waals surface area contributed by atoms with Gasteiger partial charge in [0.05, 0.1) is 0 Å². The lowest BCUT2D eigenvalue weighted by atomic mass is 9.90. The molecule has 0 bridgehead atoms. The van der Waals surface area contributed by atoms with Gasteiger partial charge in [0, 0.05) is 38.3 Å². The van der Waals surface area contributed by atoms with E-state index >= 15 is 0 Å². The minimum atomic E-state index is 0.117. The molecule has 1 atom stereocenters. The van der Waals surface area contributed by atoms with Crippen molar-refractivity contribution in [1.29, 1.82) is 0 Å². The average molecular weight is 242 g/mol. The first-order valence-corrected chi connectivity index (χ1v) is 7.07. The number of nitrogens with two attached hydrogens (primary N) is 1. The van der Waals surface area contributed by atoms with Gasteiger partial charge in [-0.1, -0.05) is 26.7 Å². The van der Waals surface area contributed by atoms with Crippen LogP contribution in [0.2, 0.25) is 0 Å². The van der Waals surface area contributed by atoms with Crippen LogP contribution in [-0.4, -0.2) is 55.2 Å². The predicted octanol–water partition coefficient (Wildman–Crippen LogP) is 1.04. The van der Waals surface area contributed by atoms with Gasteiger partial charge in [-0.2, -0.15) is 0 Å². The second kappa shape index (κ2) is 7.31. The number of unbranched alkanes of at least 4 members (excludes halogenated alkanes) is 1. The molecule has 1 aliphatic heterocycles. The Morgan fingerprint density at radius 3 is 2.29 bits per heavy atom. The zero-order valence-corrected chi connectivity index (χ0v) is 11.8.